The van der Waals surface area contributed by atoms with Gasteiger partial charge in [0.15, 0.2) is 0 Å². The Kier molecular flexibility index (Phi) is 1.57. The molecule has 2 rings (SSSR count). The average molecular weight is 191 g/mol. The Morgan fingerprint density at radius 2 is 2.14 bits per heavy atom. The molecule has 0 bridgehead atoms. The molecule has 1 heterocycles. The van der Waals surface area contributed by atoms with E-state index >= 15 is 0 Å². The second-order valence-corrected chi connectivity index (χ2v) is 2.76. The molecular weight excluding hydrogens is 186 g/mol. The van der Waals surface area contributed by atoms with Gasteiger partial charge in [0, 0.05) is 11.6 Å². The van der Waals surface area contributed by atoms with Crippen molar-refractivity contribution in [2.45, 2.75) is 0 Å². The molecule has 0 saturated heterocycles. The van der Waals surface area contributed by atoms with Gasteiger partial charge < -0.3 is 5.73 Å². The molecule has 70 valence electrons. The molecule has 0 spiro atoms. The lowest BCUT2D eigenvalue weighted by Gasteiger charge is -1.97. The van der Waals surface area contributed by atoms with E-state index in [1.165, 1.54) is 18.2 Å². The maximum atomic E-state index is 11.2. The van der Waals surface area contributed by atoms with Crippen molar-refractivity contribution in [2.24, 2.45) is 10.7 Å². The molecule has 0 atom stereocenters. The van der Waals surface area contributed by atoms with E-state index < -0.39 is 10.8 Å². The molecule has 6 heteroatoms. The third-order valence-electron chi connectivity index (χ3n) is 1.95. The van der Waals surface area contributed by atoms with Crippen LogP contribution in [0.2, 0.25) is 0 Å². The highest BCUT2D eigenvalue weighted by atomic mass is 16.6. The van der Waals surface area contributed by atoms with Gasteiger partial charge in [-0.15, -0.1) is 0 Å². The number of carbonyl (C=O) groups is 1. The average Bonchev–Trinajstić information content (AvgIpc) is 2.43. The first-order valence-electron chi connectivity index (χ1n) is 3.77. The number of nitro groups is 1. The first kappa shape index (κ1) is 8.36. The molecule has 0 aromatic heterocycles. The number of nitrogens with two attached hydrogens (primary N) is 1. The third-order valence-corrected chi connectivity index (χ3v) is 1.95. The summed E-state index contributed by atoms with van der Waals surface area (Å²) in [7, 11) is 0. The second kappa shape index (κ2) is 2.63. The van der Waals surface area contributed by atoms with E-state index in [9.17, 15) is 14.9 Å². The number of carbonyl (C=O) groups excluding carboxylic acids is 1. The summed E-state index contributed by atoms with van der Waals surface area (Å²) in [5, 5.41) is 10.6. The van der Waals surface area contributed by atoms with Crippen LogP contribution in [0.4, 0.5) is 5.69 Å². The van der Waals surface area contributed by atoms with E-state index in [0.29, 0.717) is 5.56 Å². The number of rotatable bonds is 1. The Balaban J connectivity index is 2.73. The molecule has 0 unspecified atom stereocenters. The summed E-state index contributed by atoms with van der Waals surface area (Å²) >= 11 is 0. The quantitative estimate of drug-likeness (QED) is 0.514. The maximum absolute atomic E-state index is 11.2. The van der Waals surface area contributed by atoms with Gasteiger partial charge in [0.05, 0.1) is 4.92 Å². The standard InChI is InChI=1S/C8H5N3O3/c9-7-4-2-1-3-5(11(13)14)6(4)8(12)10-7/h1-3H,(H2,9,10,12). The monoisotopic (exact) mass is 191 g/mol. The van der Waals surface area contributed by atoms with E-state index in [4.69, 9.17) is 5.73 Å². The molecule has 6 nitrogen and oxygen atoms in total. The zero-order valence-electron chi connectivity index (χ0n) is 6.93. The molecule has 0 aliphatic carbocycles. The molecule has 1 aromatic carbocycles. The second-order valence-electron chi connectivity index (χ2n) is 2.76. The summed E-state index contributed by atoms with van der Waals surface area (Å²) in [6.45, 7) is 0. The molecule has 0 radical (unpaired) electrons. The number of amidine groups is 1. The van der Waals surface area contributed by atoms with Crippen molar-refractivity contribution in [3.05, 3.63) is 39.4 Å². The molecule has 1 aliphatic heterocycles. The van der Waals surface area contributed by atoms with Crippen molar-refractivity contribution in [1.29, 1.82) is 0 Å². The van der Waals surface area contributed by atoms with Crippen molar-refractivity contribution in [1.82, 2.24) is 0 Å². The van der Waals surface area contributed by atoms with E-state index in [2.05, 4.69) is 4.99 Å². The van der Waals surface area contributed by atoms with Gasteiger partial charge >= 0.3 is 0 Å². The van der Waals surface area contributed by atoms with Gasteiger partial charge in [-0.3, -0.25) is 14.9 Å². The minimum Gasteiger partial charge on any atom is -0.383 e. The first-order chi connectivity index (χ1) is 6.61. The fourth-order valence-electron chi connectivity index (χ4n) is 1.36. The normalized spacial score (nSPS) is 13.7. The Labute approximate surface area is 78.2 Å². The van der Waals surface area contributed by atoms with Gasteiger partial charge in [0.25, 0.3) is 11.6 Å². The van der Waals surface area contributed by atoms with Crippen LogP contribution in [-0.2, 0) is 0 Å². The van der Waals surface area contributed by atoms with Gasteiger partial charge in [-0.05, 0) is 6.07 Å². The molecule has 14 heavy (non-hydrogen) atoms. The zero-order chi connectivity index (χ0) is 10.3. The Bertz CT molecular complexity index is 479. The van der Waals surface area contributed by atoms with Gasteiger partial charge in [-0.1, -0.05) is 6.07 Å². The topological polar surface area (TPSA) is 98.6 Å². The van der Waals surface area contributed by atoms with E-state index in [-0.39, 0.29) is 17.1 Å². The van der Waals surface area contributed by atoms with Crippen LogP contribution in [0.15, 0.2) is 23.2 Å². The number of hydrogen-bond donors (Lipinski definition) is 1. The van der Waals surface area contributed by atoms with Crippen molar-refractivity contribution in [3.63, 3.8) is 0 Å². The Morgan fingerprint density at radius 3 is 2.79 bits per heavy atom. The lowest BCUT2D eigenvalue weighted by atomic mass is 10.1. The summed E-state index contributed by atoms with van der Waals surface area (Å²) in [6, 6.07) is 4.26. The summed E-state index contributed by atoms with van der Waals surface area (Å²) in [5.41, 5.74) is 5.48. The Hall–Kier alpha value is -2.24. The number of amides is 1. The minimum absolute atomic E-state index is 0.0185. The fraction of sp³-hybridized carbons (Fsp3) is 0. The van der Waals surface area contributed by atoms with Gasteiger partial charge in [-0.2, -0.15) is 4.99 Å². The molecular formula is C8H5N3O3. The van der Waals surface area contributed by atoms with Crippen molar-refractivity contribution in [2.75, 3.05) is 0 Å². The predicted molar refractivity (Wildman–Crippen MR) is 48.2 cm³/mol. The Morgan fingerprint density at radius 1 is 1.43 bits per heavy atom. The number of aliphatic imine (C=N–C) groups is 1. The van der Waals surface area contributed by atoms with Crippen molar-refractivity contribution in [3.8, 4) is 0 Å². The number of fused-ring (bicyclic) bond motifs is 1. The van der Waals surface area contributed by atoms with Crippen LogP contribution < -0.4 is 5.73 Å². The third kappa shape index (κ3) is 0.972. The highest BCUT2D eigenvalue weighted by molar-refractivity contribution is 6.21. The van der Waals surface area contributed by atoms with Crippen molar-refractivity contribution >= 4 is 17.4 Å². The van der Waals surface area contributed by atoms with Crippen LogP contribution in [0.1, 0.15) is 15.9 Å². The molecule has 0 saturated carbocycles. The van der Waals surface area contributed by atoms with Gasteiger partial charge in [-0.25, -0.2) is 0 Å². The molecule has 1 aliphatic rings. The number of nitrogens with zero attached hydrogens (tertiary/aromatic N) is 2. The number of hydrogen-bond acceptors (Lipinski definition) is 4. The molecule has 1 aromatic rings. The predicted octanol–water partition coefficient (Wildman–Crippen LogP) is 0.454. The lowest BCUT2D eigenvalue weighted by molar-refractivity contribution is -0.385. The zero-order valence-corrected chi connectivity index (χ0v) is 6.93. The molecule has 0 fully saturated rings. The molecule has 1 amide bonds. The van der Waals surface area contributed by atoms with Crippen LogP contribution >= 0.6 is 0 Å². The SMILES string of the molecule is NC1=NC(=O)c2c1cccc2[N+](=O)[O-]. The van der Waals surface area contributed by atoms with E-state index in [1.54, 1.807) is 0 Å². The smallest absolute Gasteiger partial charge is 0.286 e. The highest BCUT2D eigenvalue weighted by Crippen LogP contribution is 2.26. The van der Waals surface area contributed by atoms with Crippen LogP contribution in [0, 0.1) is 10.1 Å². The van der Waals surface area contributed by atoms with E-state index in [0.717, 1.165) is 0 Å². The van der Waals surface area contributed by atoms with E-state index in [1.807, 2.05) is 0 Å². The van der Waals surface area contributed by atoms with Crippen molar-refractivity contribution < 1.29 is 9.72 Å². The first-order valence-corrected chi connectivity index (χ1v) is 3.77. The van der Waals surface area contributed by atoms with Crippen LogP contribution in [0.25, 0.3) is 0 Å². The summed E-state index contributed by atoms with van der Waals surface area (Å²) in [4.78, 5) is 24.6. The summed E-state index contributed by atoms with van der Waals surface area (Å²) in [5.74, 6) is -0.612. The maximum Gasteiger partial charge on any atom is 0.286 e. The molecule has 2 N–H and O–H groups in total. The van der Waals surface area contributed by atoms with Crippen LogP contribution in [0.3, 0.4) is 0 Å². The lowest BCUT2D eigenvalue weighted by Crippen LogP contribution is -2.10. The van der Waals surface area contributed by atoms with Crippen LogP contribution in [0.5, 0.6) is 0 Å². The summed E-state index contributed by atoms with van der Waals surface area (Å²) < 4.78 is 0. The fourth-order valence-corrected chi connectivity index (χ4v) is 1.36. The summed E-state index contributed by atoms with van der Waals surface area (Å²) in [6.07, 6.45) is 0. The number of benzene rings is 1. The highest BCUT2D eigenvalue weighted by Gasteiger charge is 2.29. The minimum atomic E-state index is -0.648. The number of nitro benzene ring substituents is 1. The largest absolute Gasteiger partial charge is 0.383 e. The van der Waals surface area contributed by atoms with Crippen LogP contribution in [-0.4, -0.2) is 16.7 Å². The van der Waals surface area contributed by atoms with Gasteiger partial charge in [0.2, 0.25) is 0 Å². The van der Waals surface area contributed by atoms with Gasteiger partial charge in [0.1, 0.15) is 11.4 Å².